The molecule has 1 unspecified atom stereocenters. The molecule has 0 bridgehead atoms. The minimum absolute atomic E-state index is 0.329. The summed E-state index contributed by atoms with van der Waals surface area (Å²) in [5.41, 5.74) is 0. The van der Waals surface area contributed by atoms with E-state index in [1.807, 2.05) is 13.8 Å². The van der Waals surface area contributed by atoms with E-state index in [4.69, 9.17) is 21.4 Å². The smallest absolute Gasteiger partial charge is 0.320 e. The van der Waals surface area contributed by atoms with Crippen molar-refractivity contribution in [2.75, 3.05) is 13.2 Å². The topological polar surface area (TPSA) is 58.6 Å². The number of carboxylic acids is 1. The molecule has 1 aromatic rings. The zero-order valence-electron chi connectivity index (χ0n) is 11.5. The van der Waals surface area contributed by atoms with E-state index in [0.717, 1.165) is 4.47 Å². The Morgan fingerprint density at radius 1 is 1.50 bits per heavy atom. The Morgan fingerprint density at radius 3 is 2.75 bits per heavy atom. The standard InChI is InChI=1S/C14H19BrClNO3/c1-9(2)7-12(14(18)19)17-5-6-20-13-4-3-10(16)8-11(13)15/h3-4,8-9,12,17H,5-7H2,1-2H3,(H,18,19). The maximum Gasteiger partial charge on any atom is 0.320 e. The lowest BCUT2D eigenvalue weighted by molar-refractivity contribution is -0.139. The first-order valence-electron chi connectivity index (χ1n) is 6.44. The highest BCUT2D eigenvalue weighted by Crippen LogP contribution is 2.27. The Kier molecular flexibility index (Phi) is 7.34. The van der Waals surface area contributed by atoms with Crippen molar-refractivity contribution in [3.63, 3.8) is 0 Å². The van der Waals surface area contributed by atoms with Crippen LogP contribution in [0.15, 0.2) is 22.7 Å². The lowest BCUT2D eigenvalue weighted by atomic mass is 10.0. The molecule has 0 radical (unpaired) electrons. The lowest BCUT2D eigenvalue weighted by Crippen LogP contribution is -2.39. The molecule has 0 amide bonds. The van der Waals surface area contributed by atoms with Crippen molar-refractivity contribution in [2.45, 2.75) is 26.3 Å². The van der Waals surface area contributed by atoms with Gasteiger partial charge >= 0.3 is 5.97 Å². The van der Waals surface area contributed by atoms with Crippen molar-refractivity contribution in [1.29, 1.82) is 0 Å². The highest BCUT2D eigenvalue weighted by molar-refractivity contribution is 9.10. The molecule has 0 saturated carbocycles. The number of hydrogen-bond acceptors (Lipinski definition) is 3. The van der Waals surface area contributed by atoms with Gasteiger partial charge in [-0.05, 0) is 46.5 Å². The number of carboxylic acid groups (broad SMARTS) is 1. The van der Waals surface area contributed by atoms with Crippen molar-refractivity contribution in [3.8, 4) is 5.75 Å². The van der Waals surface area contributed by atoms with Crippen molar-refractivity contribution in [1.82, 2.24) is 5.32 Å². The van der Waals surface area contributed by atoms with Crippen LogP contribution in [0.25, 0.3) is 0 Å². The zero-order chi connectivity index (χ0) is 15.1. The van der Waals surface area contributed by atoms with Crippen LogP contribution < -0.4 is 10.1 Å². The lowest BCUT2D eigenvalue weighted by Gasteiger charge is -2.16. The quantitative estimate of drug-likeness (QED) is 0.692. The van der Waals surface area contributed by atoms with Gasteiger partial charge in [-0.15, -0.1) is 0 Å². The number of benzene rings is 1. The molecule has 112 valence electrons. The van der Waals surface area contributed by atoms with E-state index in [9.17, 15) is 4.79 Å². The third kappa shape index (κ3) is 6.11. The van der Waals surface area contributed by atoms with E-state index in [1.54, 1.807) is 18.2 Å². The SMILES string of the molecule is CC(C)CC(NCCOc1ccc(Cl)cc1Br)C(=O)O. The van der Waals surface area contributed by atoms with Gasteiger partial charge < -0.3 is 15.2 Å². The number of ether oxygens (including phenoxy) is 1. The summed E-state index contributed by atoms with van der Waals surface area (Å²) in [5, 5.41) is 12.7. The fourth-order valence-electron chi connectivity index (χ4n) is 1.73. The maximum absolute atomic E-state index is 11.1. The number of rotatable bonds is 8. The normalized spacial score (nSPS) is 12.4. The molecule has 0 aromatic heterocycles. The number of halogens is 2. The van der Waals surface area contributed by atoms with Crippen LogP contribution in [-0.4, -0.2) is 30.3 Å². The summed E-state index contributed by atoms with van der Waals surface area (Å²) in [6.45, 7) is 4.86. The van der Waals surface area contributed by atoms with Crippen LogP contribution in [0.1, 0.15) is 20.3 Å². The van der Waals surface area contributed by atoms with Gasteiger partial charge in [-0.2, -0.15) is 0 Å². The number of aliphatic carboxylic acids is 1. The highest BCUT2D eigenvalue weighted by Gasteiger charge is 2.17. The van der Waals surface area contributed by atoms with E-state index in [-0.39, 0.29) is 0 Å². The first-order chi connectivity index (χ1) is 9.40. The molecule has 0 aliphatic heterocycles. The monoisotopic (exact) mass is 363 g/mol. The van der Waals surface area contributed by atoms with Crippen LogP contribution in [0, 0.1) is 5.92 Å². The minimum Gasteiger partial charge on any atom is -0.491 e. The third-order valence-corrected chi connectivity index (χ3v) is 3.50. The Morgan fingerprint density at radius 2 is 2.20 bits per heavy atom. The van der Waals surface area contributed by atoms with Crippen molar-refractivity contribution in [2.24, 2.45) is 5.92 Å². The molecular formula is C14H19BrClNO3. The largest absolute Gasteiger partial charge is 0.491 e. The summed E-state index contributed by atoms with van der Waals surface area (Å²) in [4.78, 5) is 11.1. The van der Waals surface area contributed by atoms with Crippen LogP contribution >= 0.6 is 27.5 Å². The first-order valence-corrected chi connectivity index (χ1v) is 7.61. The molecule has 1 atom stereocenters. The Hall–Kier alpha value is -0.780. The van der Waals surface area contributed by atoms with E-state index < -0.39 is 12.0 Å². The van der Waals surface area contributed by atoms with Gasteiger partial charge in [0.2, 0.25) is 0 Å². The molecule has 0 spiro atoms. The molecule has 1 rings (SSSR count). The van der Waals surface area contributed by atoms with Crippen LogP contribution in [0.5, 0.6) is 5.75 Å². The summed E-state index contributed by atoms with van der Waals surface area (Å²) < 4.78 is 6.35. The molecule has 1 aromatic carbocycles. The molecule has 0 saturated heterocycles. The van der Waals surface area contributed by atoms with Gasteiger partial charge in [-0.1, -0.05) is 25.4 Å². The van der Waals surface area contributed by atoms with Gasteiger partial charge in [0.25, 0.3) is 0 Å². The highest BCUT2D eigenvalue weighted by atomic mass is 79.9. The number of hydrogen-bond donors (Lipinski definition) is 2. The first kappa shape index (κ1) is 17.3. The minimum atomic E-state index is -0.827. The summed E-state index contributed by atoms with van der Waals surface area (Å²) >= 11 is 9.20. The second-order valence-electron chi connectivity index (χ2n) is 4.90. The third-order valence-electron chi connectivity index (χ3n) is 2.65. The van der Waals surface area contributed by atoms with Crippen molar-refractivity contribution < 1.29 is 14.6 Å². The van der Waals surface area contributed by atoms with Crippen LogP contribution in [-0.2, 0) is 4.79 Å². The molecule has 0 aliphatic rings. The predicted molar refractivity (Wildman–Crippen MR) is 83.5 cm³/mol. The predicted octanol–water partition coefficient (Wildman–Crippen LogP) is 3.57. The van der Waals surface area contributed by atoms with E-state index in [0.29, 0.717) is 36.3 Å². The Balaban J connectivity index is 2.38. The van der Waals surface area contributed by atoms with E-state index >= 15 is 0 Å². The van der Waals surface area contributed by atoms with Gasteiger partial charge in [0.05, 0.1) is 4.47 Å². The van der Waals surface area contributed by atoms with Gasteiger partial charge in [0, 0.05) is 11.6 Å². The fraction of sp³-hybridized carbons (Fsp3) is 0.500. The Bertz CT molecular complexity index is 454. The zero-order valence-corrected chi connectivity index (χ0v) is 13.9. The summed E-state index contributed by atoms with van der Waals surface area (Å²) in [5.74, 6) is 0.188. The van der Waals surface area contributed by atoms with Crippen molar-refractivity contribution in [3.05, 3.63) is 27.7 Å². The van der Waals surface area contributed by atoms with Crippen LogP contribution in [0.4, 0.5) is 0 Å². The van der Waals surface area contributed by atoms with Gasteiger partial charge in [-0.3, -0.25) is 4.79 Å². The summed E-state index contributed by atoms with van der Waals surface area (Å²) in [6, 6.07) is 4.74. The molecule has 0 heterocycles. The molecule has 0 aliphatic carbocycles. The molecule has 6 heteroatoms. The average Bonchev–Trinajstić information content (AvgIpc) is 2.34. The molecular weight excluding hydrogens is 346 g/mol. The summed E-state index contributed by atoms with van der Waals surface area (Å²) in [6.07, 6.45) is 0.597. The Labute approximate surface area is 132 Å². The van der Waals surface area contributed by atoms with Crippen molar-refractivity contribution >= 4 is 33.5 Å². The van der Waals surface area contributed by atoms with E-state index in [1.165, 1.54) is 0 Å². The fourth-order valence-corrected chi connectivity index (χ4v) is 2.53. The maximum atomic E-state index is 11.1. The van der Waals surface area contributed by atoms with Gasteiger partial charge in [0.15, 0.2) is 0 Å². The molecule has 20 heavy (non-hydrogen) atoms. The molecule has 4 nitrogen and oxygen atoms in total. The average molecular weight is 365 g/mol. The molecule has 2 N–H and O–H groups in total. The number of carbonyl (C=O) groups is 1. The van der Waals surface area contributed by atoms with Crippen LogP contribution in [0.2, 0.25) is 5.02 Å². The van der Waals surface area contributed by atoms with Gasteiger partial charge in [0.1, 0.15) is 18.4 Å². The second kappa shape index (κ2) is 8.49. The number of nitrogens with one attached hydrogen (secondary N) is 1. The molecule has 0 fully saturated rings. The van der Waals surface area contributed by atoms with E-state index in [2.05, 4.69) is 21.2 Å². The van der Waals surface area contributed by atoms with Crippen LogP contribution in [0.3, 0.4) is 0 Å². The van der Waals surface area contributed by atoms with Gasteiger partial charge in [-0.25, -0.2) is 0 Å². The summed E-state index contributed by atoms with van der Waals surface area (Å²) in [7, 11) is 0. The second-order valence-corrected chi connectivity index (χ2v) is 6.19.